The van der Waals surface area contributed by atoms with Gasteiger partial charge in [0.25, 0.3) is 0 Å². The van der Waals surface area contributed by atoms with Gasteiger partial charge in [-0.15, -0.1) is 0 Å². The van der Waals surface area contributed by atoms with E-state index in [1.165, 1.54) is 6.92 Å². The highest BCUT2D eigenvalue weighted by Crippen LogP contribution is 2.37. The minimum Gasteiger partial charge on any atom is -0.394 e. The molecule has 0 aromatic heterocycles. The molecule has 0 saturated carbocycles. The van der Waals surface area contributed by atoms with Crippen LogP contribution in [0.2, 0.25) is 0 Å². The van der Waals surface area contributed by atoms with E-state index in [0.29, 0.717) is 0 Å². The number of carbonyl (C=O) groups is 1. The van der Waals surface area contributed by atoms with Crippen molar-refractivity contribution in [1.82, 2.24) is 5.32 Å². The molecular weight excluding hydrogens is 950 g/mol. The van der Waals surface area contributed by atoms with Gasteiger partial charge in [0.2, 0.25) is 5.91 Å². The SMILES string of the molecule is CC(=O)N[C@H]1[C@H](O[C@H]2[C@@H](O)[C@@H](CO)O[C@H](O[C@@H]3[C@H](O)[C@@H](O)[C@H](O[C@H]4[C@H](O)[C@@H](O)[C@H](O)O[C@@H]4CO)O[C@@H]3CO)[C@@H]2O)O[C@H](CO)[C@@H](O)[C@@H]1O[C@@H]1O[C@H](CO)[C@H](O)[C@H](O)[C@H]1O[C@@H]1O[C@@H](C)[C@@H](O)[C@@H](O)[C@@H]1O. The number of aliphatic hydroxyl groups excluding tert-OH is 18. The number of hydrogen-bond acceptors (Lipinski definition) is 30. The smallest absolute Gasteiger partial charge is 0.217 e. The number of rotatable bonds is 16. The maximum Gasteiger partial charge on any atom is 0.217 e. The zero-order valence-electron chi connectivity index (χ0n) is 36.8. The van der Waals surface area contributed by atoms with Gasteiger partial charge in [0.05, 0.1) is 39.1 Å². The zero-order valence-corrected chi connectivity index (χ0v) is 36.8. The molecule has 6 aliphatic rings. The normalized spacial score (nSPS) is 52.1. The molecule has 0 aromatic rings. The van der Waals surface area contributed by atoms with Crippen molar-refractivity contribution in [3.8, 4) is 0 Å². The van der Waals surface area contributed by atoms with Crippen LogP contribution in [0, 0.1) is 0 Å². The maximum atomic E-state index is 12.7. The van der Waals surface area contributed by atoms with Gasteiger partial charge < -0.3 is 149 Å². The zero-order chi connectivity index (χ0) is 50.9. The Morgan fingerprint density at radius 2 is 0.768 bits per heavy atom. The molecular formula is C38H65NO30. The summed E-state index contributed by atoms with van der Waals surface area (Å²) in [5.41, 5.74) is 0. The Balaban J connectivity index is 1.23. The van der Waals surface area contributed by atoms with E-state index in [0.717, 1.165) is 6.92 Å². The van der Waals surface area contributed by atoms with Crippen molar-refractivity contribution in [1.29, 1.82) is 0 Å². The second kappa shape index (κ2) is 24.1. The maximum absolute atomic E-state index is 12.7. The van der Waals surface area contributed by atoms with Crippen molar-refractivity contribution in [3.63, 3.8) is 0 Å². The lowest BCUT2D eigenvalue weighted by Crippen LogP contribution is -2.70. The third kappa shape index (κ3) is 11.8. The van der Waals surface area contributed by atoms with Gasteiger partial charge in [-0.25, -0.2) is 0 Å². The highest BCUT2D eigenvalue weighted by molar-refractivity contribution is 5.73. The highest BCUT2D eigenvalue weighted by Gasteiger charge is 2.58. The van der Waals surface area contributed by atoms with E-state index in [-0.39, 0.29) is 0 Å². The molecule has 0 aromatic carbocycles. The molecule has 0 radical (unpaired) electrons. The highest BCUT2D eigenvalue weighted by atomic mass is 16.8. The molecule has 1 amide bonds. The van der Waals surface area contributed by atoms with E-state index >= 15 is 0 Å². The number of carbonyl (C=O) groups excluding carboxylic acids is 1. The Kier molecular flexibility index (Phi) is 19.8. The first-order chi connectivity index (χ1) is 32.6. The topological polar surface area (TPSA) is 495 Å². The number of ether oxygens (including phenoxy) is 11. The van der Waals surface area contributed by atoms with E-state index in [1.807, 2.05) is 0 Å². The summed E-state index contributed by atoms with van der Waals surface area (Å²) >= 11 is 0. The predicted molar refractivity (Wildman–Crippen MR) is 209 cm³/mol. The Bertz CT molecular complexity index is 1610. The molecule has 69 heavy (non-hydrogen) atoms. The summed E-state index contributed by atoms with van der Waals surface area (Å²) in [6, 6.07) is -1.79. The van der Waals surface area contributed by atoms with Gasteiger partial charge in [-0.3, -0.25) is 4.79 Å². The van der Waals surface area contributed by atoms with Crippen LogP contribution in [0.4, 0.5) is 0 Å². The van der Waals surface area contributed by atoms with E-state index in [1.54, 1.807) is 0 Å². The second-order valence-electron chi connectivity index (χ2n) is 17.5. The molecule has 31 nitrogen and oxygen atoms in total. The van der Waals surface area contributed by atoms with Gasteiger partial charge in [0, 0.05) is 6.92 Å². The Morgan fingerprint density at radius 1 is 0.377 bits per heavy atom. The molecule has 0 spiro atoms. The standard InChI is InChI=1S/C38H65NO30/c1-8-16(46)20(50)25(55)35(59-8)69-32-21(51)17(47)10(3-40)63-38(32)67-30-15(39-9(2)45)34(61-11(4-41)18(30)48)68-31-19(49)12(5-42)62-37(27(31)57)66-29-14(7-44)64-36(26(56)23(29)53)65-28-13(6-43)60-33(58)24(54)22(28)52/h8,10-38,40-44,46-58H,3-7H2,1-2H3,(H,39,45)/t8-,10+,11+,12+,13+,14+,15+,16+,17-,18+,19-,20+,21-,22+,23+,24+,25-,26+,27+,28+,29-,30+,31-,32+,33+,34-,35-,36-,37+,38-/m0/s1. The van der Waals surface area contributed by atoms with Gasteiger partial charge in [0.1, 0.15) is 140 Å². The number of nitrogens with one attached hydrogen (secondary N) is 1. The largest absolute Gasteiger partial charge is 0.394 e. The van der Waals surface area contributed by atoms with Gasteiger partial charge in [-0.05, 0) is 6.92 Å². The molecule has 6 heterocycles. The molecule has 6 aliphatic heterocycles. The van der Waals surface area contributed by atoms with Crippen LogP contribution in [0.1, 0.15) is 13.8 Å². The Hall–Kier alpha value is -1.69. The minimum absolute atomic E-state index is 0.863. The first kappa shape index (κ1) is 56.6. The van der Waals surface area contributed by atoms with Gasteiger partial charge in [0.15, 0.2) is 37.7 Å². The van der Waals surface area contributed by atoms with Crippen molar-refractivity contribution in [2.45, 2.75) is 198 Å². The quantitative estimate of drug-likeness (QED) is 0.0682. The first-order valence-electron chi connectivity index (χ1n) is 22.0. The van der Waals surface area contributed by atoms with E-state index in [4.69, 9.17) is 52.1 Å². The van der Waals surface area contributed by atoms with E-state index in [2.05, 4.69) is 5.32 Å². The van der Waals surface area contributed by atoms with Crippen molar-refractivity contribution in [3.05, 3.63) is 0 Å². The van der Waals surface area contributed by atoms with Crippen LogP contribution < -0.4 is 5.32 Å². The molecule has 6 saturated heterocycles. The summed E-state index contributed by atoms with van der Waals surface area (Å²) in [7, 11) is 0. The van der Waals surface area contributed by atoms with Gasteiger partial charge >= 0.3 is 0 Å². The van der Waals surface area contributed by atoms with Crippen LogP contribution in [0.15, 0.2) is 0 Å². The molecule has 31 heteroatoms. The average Bonchev–Trinajstić information content (AvgIpc) is 3.32. The third-order valence-corrected chi connectivity index (χ3v) is 12.8. The van der Waals surface area contributed by atoms with Crippen molar-refractivity contribution < 1.29 is 149 Å². The summed E-state index contributed by atoms with van der Waals surface area (Å²) < 4.78 is 62.4. The molecule has 19 N–H and O–H groups in total. The van der Waals surface area contributed by atoms with Crippen molar-refractivity contribution in [2.24, 2.45) is 0 Å². The van der Waals surface area contributed by atoms with Crippen molar-refractivity contribution in [2.75, 3.05) is 33.0 Å². The van der Waals surface area contributed by atoms with Gasteiger partial charge in [-0.1, -0.05) is 0 Å². The van der Waals surface area contributed by atoms with Crippen molar-refractivity contribution >= 4 is 5.91 Å². The summed E-state index contributed by atoms with van der Waals surface area (Å²) in [5.74, 6) is -0.863. The molecule has 0 unspecified atom stereocenters. The number of amides is 1. The van der Waals surface area contributed by atoms with Crippen LogP contribution in [0.3, 0.4) is 0 Å². The summed E-state index contributed by atoms with van der Waals surface area (Å²) in [6.45, 7) is -2.55. The minimum atomic E-state index is -2.21. The lowest BCUT2D eigenvalue weighted by Gasteiger charge is -2.51. The van der Waals surface area contributed by atoms with E-state index in [9.17, 15) is 96.7 Å². The first-order valence-corrected chi connectivity index (χ1v) is 22.0. The molecule has 0 aliphatic carbocycles. The Labute approximate surface area is 390 Å². The summed E-state index contributed by atoms with van der Waals surface area (Å²) in [4.78, 5) is 12.7. The fourth-order valence-corrected chi connectivity index (χ4v) is 8.84. The monoisotopic (exact) mass is 1020 g/mol. The van der Waals surface area contributed by atoms with Crippen LogP contribution in [-0.4, -0.2) is 315 Å². The molecule has 0 bridgehead atoms. The van der Waals surface area contributed by atoms with Crippen LogP contribution in [-0.2, 0) is 56.9 Å². The van der Waals surface area contributed by atoms with Crippen LogP contribution in [0.5, 0.6) is 0 Å². The molecule has 30 atom stereocenters. The average molecular weight is 1020 g/mol. The molecule has 6 fully saturated rings. The second-order valence-corrected chi connectivity index (χ2v) is 17.5. The lowest BCUT2D eigenvalue weighted by atomic mass is 9.94. The van der Waals surface area contributed by atoms with Crippen LogP contribution in [0.25, 0.3) is 0 Å². The lowest BCUT2D eigenvalue weighted by molar-refractivity contribution is -0.393. The predicted octanol–water partition coefficient (Wildman–Crippen LogP) is -12.9. The van der Waals surface area contributed by atoms with Gasteiger partial charge in [-0.2, -0.15) is 0 Å². The Morgan fingerprint density at radius 3 is 1.33 bits per heavy atom. The number of hydrogen-bond donors (Lipinski definition) is 19. The van der Waals surface area contributed by atoms with E-state index < -0.39 is 223 Å². The fourth-order valence-electron chi connectivity index (χ4n) is 8.84. The van der Waals surface area contributed by atoms with Crippen LogP contribution >= 0.6 is 0 Å². The third-order valence-electron chi connectivity index (χ3n) is 12.8. The summed E-state index contributed by atoms with van der Waals surface area (Å²) in [5, 5.41) is 194. The number of aliphatic hydroxyl groups is 18. The molecule has 6 rings (SSSR count). The summed E-state index contributed by atoms with van der Waals surface area (Å²) in [6.07, 6.45) is -54.3. The fraction of sp³-hybridized carbons (Fsp3) is 0.974. The molecule has 402 valence electrons.